The minimum absolute atomic E-state index is 0.0257. The van der Waals surface area contributed by atoms with Crippen molar-refractivity contribution in [3.63, 3.8) is 0 Å². The number of hydrogen-bond donors (Lipinski definition) is 1. The van der Waals surface area contributed by atoms with Gasteiger partial charge in [0.2, 0.25) is 0 Å². The van der Waals surface area contributed by atoms with Gasteiger partial charge < -0.3 is 14.6 Å². The molecule has 1 aliphatic carbocycles. The van der Waals surface area contributed by atoms with Gasteiger partial charge in [-0.3, -0.25) is 0 Å². The van der Waals surface area contributed by atoms with E-state index in [0.29, 0.717) is 0 Å². The number of halogens is 2. The highest BCUT2D eigenvalue weighted by Crippen LogP contribution is 2.42. The highest BCUT2D eigenvalue weighted by molar-refractivity contribution is 9.11. The first kappa shape index (κ1) is 15.8. The molecular formula is C16H20Br2O3. The van der Waals surface area contributed by atoms with E-state index in [1.54, 1.807) is 0 Å². The molecule has 1 atom stereocenters. The van der Waals surface area contributed by atoms with Crippen LogP contribution < -0.4 is 4.74 Å². The van der Waals surface area contributed by atoms with Gasteiger partial charge >= 0.3 is 0 Å². The standard InChI is InChI=1S/C16H20Br2O3/c17-13-7-11(10-19)8-14(18)15(13)21-12-3-6-20-16(9-12)4-1-2-5-16/h7-8,12,19H,1-6,9-10H2. The van der Waals surface area contributed by atoms with Crippen LogP contribution in [0.4, 0.5) is 0 Å². The molecule has 1 aliphatic heterocycles. The van der Waals surface area contributed by atoms with Gasteiger partial charge in [-0.1, -0.05) is 12.8 Å². The smallest absolute Gasteiger partial charge is 0.148 e. The molecule has 1 saturated carbocycles. The van der Waals surface area contributed by atoms with Crippen molar-refractivity contribution in [1.29, 1.82) is 0 Å². The van der Waals surface area contributed by atoms with E-state index in [2.05, 4.69) is 31.9 Å². The minimum Gasteiger partial charge on any atom is -0.488 e. The maximum atomic E-state index is 9.24. The lowest BCUT2D eigenvalue weighted by Crippen LogP contribution is -2.41. The summed E-state index contributed by atoms with van der Waals surface area (Å²) in [6.45, 7) is 0.812. The van der Waals surface area contributed by atoms with E-state index in [9.17, 15) is 5.11 Å². The molecule has 116 valence electrons. The van der Waals surface area contributed by atoms with Crippen LogP contribution >= 0.6 is 31.9 Å². The molecule has 1 saturated heterocycles. The maximum absolute atomic E-state index is 9.24. The molecule has 3 nitrogen and oxygen atoms in total. The average molecular weight is 420 g/mol. The Morgan fingerprint density at radius 2 is 1.90 bits per heavy atom. The van der Waals surface area contributed by atoms with Crippen LogP contribution in [0.15, 0.2) is 21.1 Å². The number of benzene rings is 1. The molecule has 0 radical (unpaired) electrons. The summed E-state index contributed by atoms with van der Waals surface area (Å²) in [4.78, 5) is 0. The van der Waals surface area contributed by atoms with Crippen LogP contribution in [0.3, 0.4) is 0 Å². The van der Waals surface area contributed by atoms with Gasteiger partial charge in [-0.2, -0.15) is 0 Å². The fourth-order valence-corrected chi connectivity index (χ4v) is 4.90. The highest BCUT2D eigenvalue weighted by Gasteiger charge is 2.40. The van der Waals surface area contributed by atoms with Crippen molar-refractivity contribution in [1.82, 2.24) is 0 Å². The third kappa shape index (κ3) is 3.46. The lowest BCUT2D eigenvalue weighted by Gasteiger charge is -2.38. The first-order chi connectivity index (χ1) is 10.1. The maximum Gasteiger partial charge on any atom is 0.148 e. The van der Waals surface area contributed by atoms with Gasteiger partial charge in [0.1, 0.15) is 11.9 Å². The third-order valence-electron chi connectivity index (χ3n) is 4.49. The van der Waals surface area contributed by atoms with Gasteiger partial charge in [-0.15, -0.1) is 0 Å². The van der Waals surface area contributed by atoms with E-state index in [4.69, 9.17) is 9.47 Å². The molecule has 1 spiro atoms. The predicted octanol–water partition coefficient (Wildman–Crippen LogP) is 4.57. The van der Waals surface area contributed by atoms with Crippen LogP contribution in [0, 0.1) is 0 Å². The zero-order chi connectivity index (χ0) is 14.9. The van der Waals surface area contributed by atoms with E-state index in [1.165, 1.54) is 25.7 Å². The molecule has 2 fully saturated rings. The van der Waals surface area contributed by atoms with E-state index in [0.717, 1.165) is 39.7 Å². The van der Waals surface area contributed by atoms with Crippen molar-refractivity contribution in [3.05, 3.63) is 26.6 Å². The second-order valence-electron chi connectivity index (χ2n) is 6.02. The van der Waals surface area contributed by atoms with Crippen LogP contribution in [-0.4, -0.2) is 23.4 Å². The zero-order valence-electron chi connectivity index (χ0n) is 11.9. The van der Waals surface area contributed by atoms with Crippen LogP contribution in [0.25, 0.3) is 0 Å². The quantitative estimate of drug-likeness (QED) is 0.779. The van der Waals surface area contributed by atoms with Crippen LogP contribution in [0.1, 0.15) is 44.1 Å². The Balaban J connectivity index is 1.74. The molecule has 1 aromatic rings. The van der Waals surface area contributed by atoms with E-state index < -0.39 is 0 Å². The number of ether oxygens (including phenoxy) is 2. The van der Waals surface area contributed by atoms with Crippen molar-refractivity contribution in [2.24, 2.45) is 0 Å². The first-order valence-corrected chi connectivity index (χ1v) is 9.10. The Hall–Kier alpha value is -0.100. The molecule has 1 N–H and O–H groups in total. The second-order valence-corrected chi connectivity index (χ2v) is 7.73. The monoisotopic (exact) mass is 418 g/mol. The van der Waals surface area contributed by atoms with Gasteiger partial charge in [-0.05, 0) is 62.4 Å². The predicted molar refractivity (Wildman–Crippen MR) is 88.6 cm³/mol. The van der Waals surface area contributed by atoms with Crippen molar-refractivity contribution < 1.29 is 14.6 Å². The lowest BCUT2D eigenvalue weighted by atomic mass is 9.90. The summed E-state index contributed by atoms with van der Waals surface area (Å²) in [7, 11) is 0. The molecule has 1 aromatic carbocycles. The lowest BCUT2D eigenvalue weighted by molar-refractivity contribution is -0.108. The molecule has 2 aliphatic rings. The number of hydrogen-bond acceptors (Lipinski definition) is 3. The van der Waals surface area contributed by atoms with Crippen molar-refractivity contribution in [2.45, 2.75) is 56.8 Å². The summed E-state index contributed by atoms with van der Waals surface area (Å²) in [5.41, 5.74) is 0.924. The first-order valence-electron chi connectivity index (χ1n) is 7.51. The van der Waals surface area contributed by atoms with Crippen LogP contribution in [-0.2, 0) is 11.3 Å². The summed E-state index contributed by atoms with van der Waals surface area (Å²) in [6, 6.07) is 3.81. The van der Waals surface area contributed by atoms with E-state index >= 15 is 0 Å². The molecule has 5 heteroatoms. The van der Waals surface area contributed by atoms with Crippen LogP contribution in [0.2, 0.25) is 0 Å². The molecule has 0 bridgehead atoms. The zero-order valence-corrected chi connectivity index (χ0v) is 15.1. The summed E-state index contributed by atoms with van der Waals surface area (Å²) >= 11 is 7.09. The van der Waals surface area contributed by atoms with Crippen molar-refractivity contribution >= 4 is 31.9 Å². The van der Waals surface area contributed by atoms with Gasteiger partial charge in [0.05, 0.1) is 27.8 Å². The molecule has 0 amide bonds. The Morgan fingerprint density at radius 1 is 1.24 bits per heavy atom. The van der Waals surface area contributed by atoms with E-state index in [1.807, 2.05) is 12.1 Å². The summed E-state index contributed by atoms with van der Waals surface area (Å²) in [5, 5.41) is 9.24. The number of rotatable bonds is 3. The van der Waals surface area contributed by atoms with Gasteiger partial charge in [-0.25, -0.2) is 0 Å². The Kier molecular flexibility index (Phi) is 4.94. The topological polar surface area (TPSA) is 38.7 Å². The summed E-state index contributed by atoms with van der Waals surface area (Å²) < 4.78 is 14.1. The largest absolute Gasteiger partial charge is 0.488 e. The average Bonchev–Trinajstić information content (AvgIpc) is 2.90. The minimum atomic E-state index is 0.0257. The molecular weight excluding hydrogens is 400 g/mol. The Bertz CT molecular complexity index is 489. The van der Waals surface area contributed by atoms with E-state index in [-0.39, 0.29) is 18.3 Å². The van der Waals surface area contributed by atoms with Gasteiger partial charge in [0.25, 0.3) is 0 Å². The Labute approximate surface area is 142 Å². The number of aliphatic hydroxyl groups is 1. The van der Waals surface area contributed by atoms with Crippen molar-refractivity contribution in [3.8, 4) is 5.75 Å². The summed E-state index contributed by atoms with van der Waals surface area (Å²) in [6.07, 6.45) is 6.98. The highest BCUT2D eigenvalue weighted by atomic mass is 79.9. The molecule has 1 heterocycles. The fraction of sp³-hybridized carbons (Fsp3) is 0.625. The normalized spacial score (nSPS) is 24.4. The molecule has 21 heavy (non-hydrogen) atoms. The molecule has 0 aromatic heterocycles. The molecule has 3 rings (SSSR count). The molecule has 1 unspecified atom stereocenters. The number of aliphatic hydroxyl groups excluding tert-OH is 1. The third-order valence-corrected chi connectivity index (χ3v) is 5.67. The Morgan fingerprint density at radius 3 is 2.52 bits per heavy atom. The fourth-order valence-electron chi connectivity index (χ4n) is 3.43. The summed E-state index contributed by atoms with van der Waals surface area (Å²) in [5.74, 6) is 0.826. The van der Waals surface area contributed by atoms with Gasteiger partial charge in [0, 0.05) is 12.8 Å². The van der Waals surface area contributed by atoms with Crippen molar-refractivity contribution in [2.75, 3.05) is 6.61 Å². The second kappa shape index (κ2) is 6.57. The van der Waals surface area contributed by atoms with Gasteiger partial charge in [0.15, 0.2) is 0 Å². The SMILES string of the molecule is OCc1cc(Br)c(OC2CCOC3(CCCC3)C2)c(Br)c1. The van der Waals surface area contributed by atoms with Crippen LogP contribution in [0.5, 0.6) is 5.75 Å².